The fraction of sp³-hybridized carbons (Fsp3) is 0.556. The van der Waals surface area contributed by atoms with Gasteiger partial charge >= 0.3 is 7.60 Å². The van der Waals surface area contributed by atoms with Gasteiger partial charge in [-0.2, -0.15) is 0 Å². The molecule has 0 spiro atoms. The van der Waals surface area contributed by atoms with Crippen LogP contribution in [0.5, 0.6) is 11.5 Å². The van der Waals surface area contributed by atoms with E-state index in [4.69, 9.17) is 19.3 Å². The lowest BCUT2D eigenvalue weighted by molar-refractivity contribution is 0.356. The van der Waals surface area contributed by atoms with Gasteiger partial charge in [0.2, 0.25) is 0 Å². The van der Waals surface area contributed by atoms with Crippen molar-refractivity contribution in [3.63, 3.8) is 0 Å². The molecule has 8 nitrogen and oxygen atoms in total. The van der Waals surface area contributed by atoms with Gasteiger partial charge in [0, 0.05) is 24.5 Å². The third-order valence-electron chi connectivity index (χ3n) is 5.10. The molecule has 0 saturated carbocycles. The molecule has 2 N–H and O–H groups in total. The molecule has 2 aromatic rings. The lowest BCUT2D eigenvalue weighted by Gasteiger charge is -2.23. The van der Waals surface area contributed by atoms with E-state index in [1.165, 1.54) is 0 Å². The van der Waals surface area contributed by atoms with Gasteiger partial charge in [0.1, 0.15) is 12.1 Å². The fourth-order valence-electron chi connectivity index (χ4n) is 3.64. The summed E-state index contributed by atoms with van der Waals surface area (Å²) in [6, 6.07) is 3.75. The second-order valence-electron chi connectivity index (χ2n) is 6.88. The molecular weight excluding hydrogens is 369 g/mol. The molecule has 2 heterocycles. The minimum absolute atomic E-state index is 0.0366. The molecule has 1 aliphatic rings. The zero-order chi connectivity index (χ0) is 19.4. The summed E-state index contributed by atoms with van der Waals surface area (Å²) in [5, 5.41) is 0.906. The zero-order valence-electron chi connectivity index (χ0n) is 15.7. The highest BCUT2D eigenvalue weighted by Crippen LogP contribution is 2.39. The van der Waals surface area contributed by atoms with E-state index in [9.17, 15) is 4.57 Å². The Morgan fingerprint density at radius 2 is 1.89 bits per heavy atom. The van der Waals surface area contributed by atoms with Crippen molar-refractivity contribution in [2.24, 2.45) is 5.92 Å². The van der Waals surface area contributed by atoms with Crippen molar-refractivity contribution in [2.75, 3.05) is 38.4 Å². The summed E-state index contributed by atoms with van der Waals surface area (Å²) in [4.78, 5) is 29.3. The Morgan fingerprint density at radius 1 is 1.15 bits per heavy atom. The summed E-state index contributed by atoms with van der Waals surface area (Å²) in [7, 11) is -0.732. The first-order valence-corrected chi connectivity index (χ1v) is 10.9. The minimum Gasteiger partial charge on any atom is -0.493 e. The van der Waals surface area contributed by atoms with Crippen LogP contribution < -0.4 is 14.4 Å². The van der Waals surface area contributed by atoms with Crippen molar-refractivity contribution in [1.29, 1.82) is 0 Å². The van der Waals surface area contributed by atoms with E-state index in [1.807, 2.05) is 12.1 Å². The number of benzene rings is 1. The molecule has 9 heteroatoms. The van der Waals surface area contributed by atoms with Crippen molar-refractivity contribution in [3.05, 3.63) is 18.5 Å². The summed E-state index contributed by atoms with van der Waals surface area (Å²) < 4.78 is 21.9. The maximum Gasteiger partial charge on any atom is 0.325 e. The molecule has 148 valence electrons. The molecule has 27 heavy (non-hydrogen) atoms. The highest BCUT2D eigenvalue weighted by molar-refractivity contribution is 7.51. The summed E-state index contributed by atoms with van der Waals surface area (Å²) in [6.45, 7) is 1.65. The Labute approximate surface area is 158 Å². The largest absolute Gasteiger partial charge is 0.493 e. The number of ether oxygens (including phenoxy) is 2. The van der Waals surface area contributed by atoms with Gasteiger partial charge in [0.05, 0.1) is 25.9 Å². The number of anilines is 1. The number of nitrogens with zero attached hydrogens (tertiary/aromatic N) is 3. The molecule has 0 aliphatic carbocycles. The van der Waals surface area contributed by atoms with Crippen LogP contribution in [0, 0.1) is 5.92 Å². The molecule has 0 radical (unpaired) electrons. The van der Waals surface area contributed by atoms with Crippen LogP contribution in [0.4, 0.5) is 5.82 Å². The molecule has 1 aromatic heterocycles. The van der Waals surface area contributed by atoms with Crippen LogP contribution in [0.3, 0.4) is 0 Å². The van der Waals surface area contributed by atoms with E-state index in [0.29, 0.717) is 23.8 Å². The summed E-state index contributed by atoms with van der Waals surface area (Å²) in [5.41, 5.74) is 0.792. The van der Waals surface area contributed by atoms with E-state index >= 15 is 0 Å². The van der Waals surface area contributed by atoms with Gasteiger partial charge in [-0.15, -0.1) is 0 Å². The maximum absolute atomic E-state index is 11.1. The third kappa shape index (κ3) is 4.89. The predicted octanol–water partition coefficient (Wildman–Crippen LogP) is 2.82. The molecule has 3 rings (SSSR count). The summed E-state index contributed by atoms with van der Waals surface area (Å²) >= 11 is 0. The SMILES string of the molecule is COc1cc2ncnc(N3CCCC(CCP(=O)(O)O)CC3)c2cc1OC. The van der Waals surface area contributed by atoms with E-state index in [-0.39, 0.29) is 6.16 Å². The fourth-order valence-corrected chi connectivity index (χ4v) is 4.34. The summed E-state index contributed by atoms with van der Waals surface area (Å²) in [6.07, 6.45) is 4.90. The van der Waals surface area contributed by atoms with Crippen molar-refractivity contribution in [1.82, 2.24) is 9.97 Å². The number of hydrogen-bond acceptors (Lipinski definition) is 6. The molecular formula is C18H26N3O5P. The van der Waals surface area contributed by atoms with Crippen molar-refractivity contribution >= 4 is 24.3 Å². The average molecular weight is 395 g/mol. The van der Waals surface area contributed by atoms with Crippen LogP contribution in [-0.2, 0) is 4.57 Å². The Morgan fingerprint density at radius 3 is 2.59 bits per heavy atom. The Kier molecular flexibility index (Phi) is 6.19. The van der Waals surface area contributed by atoms with Gasteiger partial charge < -0.3 is 24.2 Å². The van der Waals surface area contributed by atoms with Crippen molar-refractivity contribution in [3.8, 4) is 11.5 Å². The van der Waals surface area contributed by atoms with Gasteiger partial charge in [-0.3, -0.25) is 4.57 Å². The maximum atomic E-state index is 11.1. The van der Waals surface area contributed by atoms with Crippen LogP contribution in [0.25, 0.3) is 10.9 Å². The molecule has 1 unspecified atom stereocenters. The van der Waals surface area contributed by atoms with Gasteiger partial charge in [0.15, 0.2) is 11.5 Å². The normalized spacial score (nSPS) is 18.4. The van der Waals surface area contributed by atoms with Crippen molar-refractivity contribution < 1.29 is 23.8 Å². The van der Waals surface area contributed by atoms with Gasteiger partial charge in [-0.1, -0.05) is 0 Å². The lowest BCUT2D eigenvalue weighted by atomic mass is 9.98. The molecule has 1 saturated heterocycles. The Hall–Kier alpha value is -1.89. The molecule has 0 bridgehead atoms. The number of rotatable bonds is 6. The Balaban J connectivity index is 1.82. The molecule has 1 aliphatic heterocycles. The average Bonchev–Trinajstić information content (AvgIpc) is 2.89. The smallest absolute Gasteiger partial charge is 0.325 e. The number of hydrogen-bond donors (Lipinski definition) is 2. The quantitative estimate of drug-likeness (QED) is 0.720. The first-order chi connectivity index (χ1) is 12.9. The number of fused-ring (bicyclic) bond motifs is 1. The monoisotopic (exact) mass is 395 g/mol. The van der Waals surface area contributed by atoms with E-state index in [2.05, 4.69) is 14.9 Å². The predicted molar refractivity (Wildman–Crippen MR) is 104 cm³/mol. The van der Waals surface area contributed by atoms with E-state index in [0.717, 1.165) is 49.1 Å². The van der Waals surface area contributed by atoms with E-state index in [1.54, 1.807) is 20.5 Å². The second-order valence-corrected chi connectivity index (χ2v) is 8.66. The first-order valence-electron chi connectivity index (χ1n) is 9.07. The highest BCUT2D eigenvalue weighted by atomic mass is 31.2. The van der Waals surface area contributed by atoms with Gasteiger partial charge in [-0.05, 0) is 37.7 Å². The zero-order valence-corrected chi connectivity index (χ0v) is 16.6. The third-order valence-corrected chi connectivity index (χ3v) is 5.94. The van der Waals surface area contributed by atoms with Crippen LogP contribution in [0.2, 0.25) is 0 Å². The van der Waals surface area contributed by atoms with Gasteiger partial charge in [-0.25, -0.2) is 9.97 Å². The number of aromatic nitrogens is 2. The van der Waals surface area contributed by atoms with E-state index < -0.39 is 7.60 Å². The second kappa shape index (κ2) is 8.42. The molecule has 1 atom stereocenters. The molecule has 1 fully saturated rings. The lowest BCUT2D eigenvalue weighted by Crippen LogP contribution is -2.25. The van der Waals surface area contributed by atoms with Crippen LogP contribution >= 0.6 is 7.60 Å². The Bertz CT molecular complexity index is 841. The number of methoxy groups -OCH3 is 2. The molecule has 0 amide bonds. The minimum atomic E-state index is -3.93. The topological polar surface area (TPSA) is 105 Å². The van der Waals surface area contributed by atoms with Crippen LogP contribution in [0.15, 0.2) is 18.5 Å². The van der Waals surface area contributed by atoms with Crippen LogP contribution in [0.1, 0.15) is 25.7 Å². The summed E-state index contributed by atoms with van der Waals surface area (Å²) in [5.74, 6) is 2.44. The standard InChI is InChI=1S/C18H26N3O5P/c1-25-16-10-14-15(11-17(16)26-2)19-12-20-18(14)21-7-3-4-13(5-8-21)6-9-27(22,23)24/h10-13H,3-9H2,1-2H3,(H2,22,23,24). The van der Waals surface area contributed by atoms with Crippen molar-refractivity contribution in [2.45, 2.75) is 25.7 Å². The molecule has 1 aromatic carbocycles. The first kappa shape index (κ1) is 19.9. The highest BCUT2D eigenvalue weighted by Gasteiger charge is 2.23. The van der Waals surface area contributed by atoms with Gasteiger partial charge in [0.25, 0.3) is 0 Å². The van der Waals surface area contributed by atoms with Crippen LogP contribution in [-0.4, -0.2) is 53.2 Å².